The van der Waals surface area contributed by atoms with Crippen molar-refractivity contribution < 1.29 is 9.53 Å². The number of aromatic amines is 1. The first-order valence-corrected chi connectivity index (χ1v) is 8.29. The van der Waals surface area contributed by atoms with E-state index in [4.69, 9.17) is 4.74 Å². The number of hydrogen-bond donors (Lipinski definition) is 1. The minimum atomic E-state index is -0.0359. The van der Waals surface area contributed by atoms with Gasteiger partial charge < -0.3 is 14.6 Å². The zero-order chi connectivity index (χ0) is 16.4. The minimum absolute atomic E-state index is 0.0359. The number of ether oxygens (including phenoxy) is 1. The van der Waals surface area contributed by atoms with Crippen LogP contribution in [0.25, 0.3) is 0 Å². The van der Waals surface area contributed by atoms with E-state index in [-0.39, 0.29) is 11.9 Å². The fraction of sp³-hybridized carbons (Fsp3) is 0.471. The highest BCUT2D eigenvalue weighted by Gasteiger charge is 2.36. The molecule has 1 amide bonds. The first kappa shape index (κ1) is 15.3. The van der Waals surface area contributed by atoms with Crippen LogP contribution >= 0.6 is 0 Å². The van der Waals surface area contributed by atoms with Crippen molar-refractivity contribution in [1.29, 1.82) is 0 Å². The lowest BCUT2D eigenvalue weighted by Crippen LogP contribution is -2.46. The predicted octanol–water partition coefficient (Wildman–Crippen LogP) is 0.778. The van der Waals surface area contributed by atoms with Gasteiger partial charge in [0, 0.05) is 56.9 Å². The third-order valence-electron chi connectivity index (χ3n) is 4.66. The van der Waals surface area contributed by atoms with Crippen molar-refractivity contribution in [2.45, 2.75) is 12.6 Å². The molecule has 7 heteroatoms. The fourth-order valence-corrected chi connectivity index (χ4v) is 3.58. The molecular formula is C17H21N5O2. The van der Waals surface area contributed by atoms with E-state index in [1.54, 1.807) is 12.4 Å². The number of H-pyrrole nitrogens is 1. The number of rotatable bonds is 3. The van der Waals surface area contributed by atoms with Gasteiger partial charge in [0.15, 0.2) is 5.82 Å². The van der Waals surface area contributed by atoms with Crippen LogP contribution in [0, 0.1) is 5.92 Å². The van der Waals surface area contributed by atoms with E-state index in [1.165, 1.54) is 5.56 Å². The number of imidazole rings is 1. The van der Waals surface area contributed by atoms with Gasteiger partial charge in [-0.25, -0.2) is 4.98 Å². The summed E-state index contributed by atoms with van der Waals surface area (Å²) in [5, 5.41) is 0. The molecule has 2 fully saturated rings. The summed E-state index contributed by atoms with van der Waals surface area (Å²) in [7, 11) is 0. The number of amides is 1. The Labute approximate surface area is 140 Å². The third kappa shape index (κ3) is 3.18. The number of pyridine rings is 1. The van der Waals surface area contributed by atoms with Crippen LogP contribution in [0.1, 0.15) is 16.2 Å². The number of nitrogens with one attached hydrogen (secondary N) is 1. The second-order valence-corrected chi connectivity index (χ2v) is 6.50. The molecule has 4 heterocycles. The molecule has 0 unspecified atom stereocenters. The molecule has 1 N–H and O–H groups in total. The van der Waals surface area contributed by atoms with Crippen LogP contribution in [-0.2, 0) is 11.3 Å². The molecule has 2 aromatic rings. The molecule has 2 bridgehead atoms. The second kappa shape index (κ2) is 6.70. The fourth-order valence-electron chi connectivity index (χ4n) is 3.58. The van der Waals surface area contributed by atoms with Crippen molar-refractivity contribution in [1.82, 2.24) is 24.8 Å². The quantitative estimate of drug-likeness (QED) is 0.902. The molecule has 2 aliphatic heterocycles. The molecule has 0 radical (unpaired) electrons. The van der Waals surface area contributed by atoms with E-state index in [0.29, 0.717) is 25.0 Å². The number of hydrogen-bond acceptors (Lipinski definition) is 5. The Morgan fingerprint density at radius 3 is 2.88 bits per heavy atom. The summed E-state index contributed by atoms with van der Waals surface area (Å²) in [4.78, 5) is 28.2. The van der Waals surface area contributed by atoms with E-state index in [9.17, 15) is 4.79 Å². The van der Waals surface area contributed by atoms with Crippen LogP contribution in [0.4, 0.5) is 0 Å². The molecule has 0 saturated carbocycles. The monoisotopic (exact) mass is 327 g/mol. The van der Waals surface area contributed by atoms with Crippen LogP contribution in [-0.4, -0.2) is 69.5 Å². The number of carbonyl (C=O) groups is 1. The van der Waals surface area contributed by atoms with Crippen molar-refractivity contribution in [2.24, 2.45) is 5.92 Å². The minimum Gasteiger partial charge on any atom is -0.379 e. The Morgan fingerprint density at radius 1 is 1.21 bits per heavy atom. The van der Waals surface area contributed by atoms with Crippen LogP contribution in [0.5, 0.6) is 0 Å². The average molecular weight is 327 g/mol. The summed E-state index contributed by atoms with van der Waals surface area (Å²) in [6, 6.07) is 4.14. The Bertz CT molecular complexity index is 676. The average Bonchev–Trinajstić information content (AvgIpc) is 2.98. The maximum atomic E-state index is 12.8. The Kier molecular flexibility index (Phi) is 4.27. The SMILES string of the molecule is O=C(c1ncc[nH]1)N1C[C@H]2COC[C@@H]1CN(Cc1ccncc1)C2. The zero-order valence-corrected chi connectivity index (χ0v) is 13.5. The van der Waals surface area contributed by atoms with E-state index < -0.39 is 0 Å². The van der Waals surface area contributed by atoms with E-state index in [0.717, 1.165) is 26.2 Å². The summed E-state index contributed by atoms with van der Waals surface area (Å²) < 4.78 is 5.80. The smallest absolute Gasteiger partial charge is 0.290 e. The molecule has 0 aliphatic carbocycles. The molecule has 126 valence electrons. The lowest BCUT2D eigenvalue weighted by molar-refractivity contribution is 0.0419. The summed E-state index contributed by atoms with van der Waals surface area (Å²) in [5.41, 5.74) is 1.25. The summed E-state index contributed by atoms with van der Waals surface area (Å²) in [5.74, 6) is 0.688. The molecule has 24 heavy (non-hydrogen) atoms. The van der Waals surface area contributed by atoms with E-state index >= 15 is 0 Å². The highest BCUT2D eigenvalue weighted by molar-refractivity contribution is 5.90. The predicted molar refractivity (Wildman–Crippen MR) is 87.2 cm³/mol. The number of carbonyl (C=O) groups excluding carboxylic acids is 1. The highest BCUT2D eigenvalue weighted by Crippen LogP contribution is 2.22. The Hall–Kier alpha value is -2.25. The van der Waals surface area contributed by atoms with Gasteiger partial charge in [0.1, 0.15) is 0 Å². The molecule has 0 aromatic carbocycles. The van der Waals surface area contributed by atoms with Crippen LogP contribution < -0.4 is 0 Å². The molecule has 2 atom stereocenters. The molecule has 2 aliphatic rings. The van der Waals surface area contributed by atoms with Gasteiger partial charge in [0.25, 0.3) is 5.91 Å². The first-order chi connectivity index (χ1) is 11.8. The molecular weight excluding hydrogens is 306 g/mol. The Morgan fingerprint density at radius 2 is 2.08 bits per heavy atom. The molecule has 2 aromatic heterocycles. The zero-order valence-electron chi connectivity index (χ0n) is 13.5. The third-order valence-corrected chi connectivity index (χ3v) is 4.66. The lowest BCUT2D eigenvalue weighted by atomic mass is 10.1. The van der Waals surface area contributed by atoms with Gasteiger partial charge in [-0.3, -0.25) is 14.7 Å². The van der Waals surface area contributed by atoms with Gasteiger partial charge in [-0.2, -0.15) is 0 Å². The van der Waals surface area contributed by atoms with E-state index in [2.05, 4.69) is 19.9 Å². The highest BCUT2D eigenvalue weighted by atomic mass is 16.5. The van der Waals surface area contributed by atoms with Gasteiger partial charge in [-0.15, -0.1) is 0 Å². The van der Waals surface area contributed by atoms with Gasteiger partial charge in [0.2, 0.25) is 0 Å². The molecule has 4 rings (SSSR count). The summed E-state index contributed by atoms with van der Waals surface area (Å²) >= 11 is 0. The van der Waals surface area contributed by atoms with Crippen LogP contribution in [0.15, 0.2) is 36.9 Å². The van der Waals surface area contributed by atoms with Crippen molar-refractivity contribution in [2.75, 3.05) is 32.8 Å². The number of fused-ring (bicyclic) bond motifs is 3. The van der Waals surface area contributed by atoms with Crippen molar-refractivity contribution in [3.8, 4) is 0 Å². The Balaban J connectivity index is 1.52. The van der Waals surface area contributed by atoms with Crippen molar-refractivity contribution in [3.05, 3.63) is 48.3 Å². The maximum absolute atomic E-state index is 12.8. The molecule has 7 nitrogen and oxygen atoms in total. The normalized spacial score (nSPS) is 24.6. The maximum Gasteiger partial charge on any atom is 0.290 e. The lowest BCUT2D eigenvalue weighted by Gasteiger charge is -2.30. The topological polar surface area (TPSA) is 74.3 Å². The first-order valence-electron chi connectivity index (χ1n) is 8.29. The summed E-state index contributed by atoms with van der Waals surface area (Å²) in [6.07, 6.45) is 6.94. The second-order valence-electron chi connectivity index (χ2n) is 6.50. The van der Waals surface area contributed by atoms with Crippen molar-refractivity contribution in [3.63, 3.8) is 0 Å². The van der Waals surface area contributed by atoms with E-state index in [1.807, 2.05) is 29.4 Å². The van der Waals surface area contributed by atoms with Crippen LogP contribution in [0.2, 0.25) is 0 Å². The largest absolute Gasteiger partial charge is 0.379 e. The molecule has 0 spiro atoms. The summed E-state index contributed by atoms with van der Waals surface area (Å²) in [6.45, 7) is 4.61. The van der Waals surface area contributed by atoms with Gasteiger partial charge in [0.05, 0.1) is 19.3 Å². The van der Waals surface area contributed by atoms with Gasteiger partial charge >= 0.3 is 0 Å². The number of nitrogens with zero attached hydrogens (tertiary/aromatic N) is 4. The van der Waals surface area contributed by atoms with Gasteiger partial charge in [-0.1, -0.05) is 0 Å². The number of aromatic nitrogens is 3. The standard InChI is InChI=1S/C17H21N5O2/c23-17(16-19-5-6-20-16)22-9-14-8-21(10-15(22)12-24-11-14)7-13-1-3-18-4-2-13/h1-6,14-15H,7-12H2,(H,19,20)/t14-,15-/m0/s1. The van der Waals surface area contributed by atoms with Gasteiger partial charge in [-0.05, 0) is 17.7 Å². The van der Waals surface area contributed by atoms with Crippen LogP contribution in [0.3, 0.4) is 0 Å². The van der Waals surface area contributed by atoms with Crippen molar-refractivity contribution >= 4 is 5.91 Å². The molecule has 2 saturated heterocycles.